The van der Waals surface area contributed by atoms with Crippen molar-refractivity contribution in [1.29, 1.82) is 5.26 Å². The Morgan fingerprint density at radius 1 is 1.04 bits per heavy atom. The van der Waals surface area contributed by atoms with Crippen LogP contribution in [0.2, 0.25) is 0 Å². The molecule has 1 amide bonds. The molecule has 3 rings (SSSR count). The van der Waals surface area contributed by atoms with E-state index in [4.69, 9.17) is 0 Å². The lowest BCUT2D eigenvalue weighted by Gasteiger charge is -2.35. The predicted octanol–water partition coefficient (Wildman–Crippen LogP) is 3.55. The lowest BCUT2D eigenvalue weighted by molar-refractivity contribution is -0.148. The molecule has 1 heterocycles. The average Bonchev–Trinajstić information content (AvgIpc) is 2.67. The SMILES string of the molecule is N#Cc1ccccc1-c1cccc(C(=O)N2CCN(CC(F)(F)F)CC2)c1. The van der Waals surface area contributed by atoms with Gasteiger partial charge in [0.2, 0.25) is 0 Å². The zero-order valence-electron chi connectivity index (χ0n) is 14.5. The molecule has 0 aromatic heterocycles. The van der Waals surface area contributed by atoms with Gasteiger partial charge in [-0.25, -0.2) is 0 Å². The molecule has 1 aliphatic heterocycles. The van der Waals surface area contributed by atoms with E-state index in [1.807, 2.05) is 18.2 Å². The Labute approximate surface area is 155 Å². The number of nitriles is 1. The molecular formula is C20H18F3N3O. The van der Waals surface area contributed by atoms with Gasteiger partial charge >= 0.3 is 6.18 Å². The molecule has 4 nitrogen and oxygen atoms in total. The maximum Gasteiger partial charge on any atom is 0.401 e. The zero-order valence-corrected chi connectivity index (χ0v) is 14.5. The van der Waals surface area contributed by atoms with Crippen LogP contribution in [0.1, 0.15) is 15.9 Å². The minimum Gasteiger partial charge on any atom is -0.336 e. The van der Waals surface area contributed by atoms with Crippen molar-refractivity contribution < 1.29 is 18.0 Å². The zero-order chi connectivity index (χ0) is 19.4. The largest absolute Gasteiger partial charge is 0.401 e. The van der Waals surface area contributed by atoms with E-state index in [0.717, 1.165) is 11.1 Å². The van der Waals surface area contributed by atoms with Crippen LogP contribution in [-0.2, 0) is 0 Å². The van der Waals surface area contributed by atoms with E-state index in [9.17, 15) is 23.2 Å². The van der Waals surface area contributed by atoms with Gasteiger partial charge in [-0.2, -0.15) is 18.4 Å². The quantitative estimate of drug-likeness (QED) is 0.827. The first kappa shape index (κ1) is 18.9. The van der Waals surface area contributed by atoms with Gasteiger partial charge in [0.15, 0.2) is 0 Å². The van der Waals surface area contributed by atoms with Gasteiger partial charge in [-0.3, -0.25) is 9.69 Å². The molecule has 2 aromatic rings. The highest BCUT2D eigenvalue weighted by atomic mass is 19.4. The summed E-state index contributed by atoms with van der Waals surface area (Å²) in [5.41, 5.74) is 2.48. The summed E-state index contributed by atoms with van der Waals surface area (Å²) in [4.78, 5) is 15.6. The van der Waals surface area contributed by atoms with Gasteiger partial charge in [0.05, 0.1) is 18.2 Å². The van der Waals surface area contributed by atoms with E-state index in [-0.39, 0.29) is 32.1 Å². The van der Waals surface area contributed by atoms with Gasteiger partial charge in [0, 0.05) is 31.7 Å². The van der Waals surface area contributed by atoms with Crippen molar-refractivity contribution in [2.75, 3.05) is 32.7 Å². The number of hydrogen-bond donors (Lipinski definition) is 0. The Morgan fingerprint density at radius 2 is 1.74 bits per heavy atom. The van der Waals surface area contributed by atoms with Crippen molar-refractivity contribution >= 4 is 5.91 Å². The highest BCUT2D eigenvalue weighted by Gasteiger charge is 2.33. The van der Waals surface area contributed by atoms with Gasteiger partial charge in [-0.1, -0.05) is 30.3 Å². The summed E-state index contributed by atoms with van der Waals surface area (Å²) >= 11 is 0. The summed E-state index contributed by atoms with van der Waals surface area (Å²) in [5.74, 6) is -0.210. The smallest absolute Gasteiger partial charge is 0.336 e. The van der Waals surface area contributed by atoms with Crippen LogP contribution < -0.4 is 0 Å². The molecule has 0 saturated carbocycles. The number of piperazine rings is 1. The minimum atomic E-state index is -4.23. The van der Waals surface area contributed by atoms with Crippen LogP contribution in [0.4, 0.5) is 13.2 Å². The number of hydrogen-bond acceptors (Lipinski definition) is 3. The molecule has 0 N–H and O–H groups in total. The molecule has 0 aliphatic carbocycles. The Hall–Kier alpha value is -2.85. The fraction of sp³-hybridized carbons (Fsp3) is 0.300. The topological polar surface area (TPSA) is 47.3 Å². The van der Waals surface area contributed by atoms with Crippen molar-refractivity contribution in [1.82, 2.24) is 9.80 Å². The molecular weight excluding hydrogens is 355 g/mol. The second-order valence-electron chi connectivity index (χ2n) is 6.42. The second kappa shape index (κ2) is 7.80. The normalized spacial score (nSPS) is 15.4. The summed E-state index contributed by atoms with van der Waals surface area (Å²) in [6.07, 6.45) is -4.23. The summed E-state index contributed by atoms with van der Waals surface area (Å²) < 4.78 is 37.4. The van der Waals surface area contributed by atoms with Crippen molar-refractivity contribution in [3.63, 3.8) is 0 Å². The molecule has 1 saturated heterocycles. The number of carbonyl (C=O) groups is 1. The van der Waals surface area contributed by atoms with Gasteiger partial charge < -0.3 is 4.90 Å². The van der Waals surface area contributed by atoms with Crippen LogP contribution in [0, 0.1) is 11.3 Å². The van der Waals surface area contributed by atoms with Gasteiger partial charge in [-0.05, 0) is 29.3 Å². The van der Waals surface area contributed by atoms with E-state index in [1.54, 1.807) is 35.2 Å². The number of amides is 1. The maximum absolute atomic E-state index is 12.7. The third-order valence-corrected chi connectivity index (χ3v) is 4.53. The highest BCUT2D eigenvalue weighted by molar-refractivity contribution is 5.95. The van der Waals surface area contributed by atoms with Crippen LogP contribution >= 0.6 is 0 Å². The monoisotopic (exact) mass is 373 g/mol. The summed E-state index contributed by atoms with van der Waals surface area (Å²) in [7, 11) is 0. The highest BCUT2D eigenvalue weighted by Crippen LogP contribution is 2.25. The summed E-state index contributed by atoms with van der Waals surface area (Å²) in [5, 5.41) is 9.26. The molecule has 0 bridgehead atoms. The number of rotatable bonds is 3. The lowest BCUT2D eigenvalue weighted by atomic mass is 9.98. The number of carbonyl (C=O) groups excluding carboxylic acids is 1. The first-order valence-electron chi connectivity index (χ1n) is 8.55. The summed E-state index contributed by atoms with van der Waals surface area (Å²) in [6, 6.07) is 16.2. The number of benzene rings is 2. The van der Waals surface area contributed by atoms with Gasteiger partial charge in [0.1, 0.15) is 0 Å². The molecule has 140 valence electrons. The lowest BCUT2D eigenvalue weighted by Crippen LogP contribution is -2.50. The van der Waals surface area contributed by atoms with Crippen molar-refractivity contribution in [3.8, 4) is 17.2 Å². The predicted molar refractivity (Wildman–Crippen MR) is 95.0 cm³/mol. The number of alkyl halides is 3. The van der Waals surface area contributed by atoms with Crippen LogP contribution in [-0.4, -0.2) is 54.6 Å². The van der Waals surface area contributed by atoms with E-state index in [2.05, 4.69) is 6.07 Å². The third kappa shape index (κ3) is 4.66. The van der Waals surface area contributed by atoms with E-state index in [1.165, 1.54) is 4.90 Å². The summed E-state index contributed by atoms with van der Waals surface area (Å²) in [6.45, 7) is -0.0400. The van der Waals surface area contributed by atoms with Crippen molar-refractivity contribution in [2.45, 2.75) is 6.18 Å². The van der Waals surface area contributed by atoms with Crippen LogP contribution in [0.25, 0.3) is 11.1 Å². The van der Waals surface area contributed by atoms with Crippen LogP contribution in [0.3, 0.4) is 0 Å². The molecule has 7 heteroatoms. The van der Waals surface area contributed by atoms with Crippen molar-refractivity contribution in [3.05, 3.63) is 59.7 Å². The number of nitrogens with zero attached hydrogens (tertiary/aromatic N) is 3. The average molecular weight is 373 g/mol. The van der Waals surface area contributed by atoms with Crippen molar-refractivity contribution in [2.24, 2.45) is 0 Å². The Balaban J connectivity index is 1.73. The molecule has 2 aromatic carbocycles. The Morgan fingerprint density at radius 3 is 2.41 bits per heavy atom. The molecule has 0 spiro atoms. The standard InChI is InChI=1S/C20H18F3N3O/c21-20(22,23)14-25-8-10-26(11-9-25)19(27)16-6-3-5-15(12-16)18-7-2-1-4-17(18)13-24/h1-7,12H,8-11,14H2. The molecule has 0 radical (unpaired) electrons. The maximum atomic E-state index is 12.7. The second-order valence-corrected chi connectivity index (χ2v) is 6.42. The minimum absolute atomic E-state index is 0.197. The number of halogens is 3. The molecule has 1 aliphatic rings. The first-order chi connectivity index (χ1) is 12.9. The fourth-order valence-corrected chi connectivity index (χ4v) is 3.20. The van der Waals surface area contributed by atoms with E-state index >= 15 is 0 Å². The van der Waals surface area contributed by atoms with Gasteiger partial charge in [-0.15, -0.1) is 0 Å². The van der Waals surface area contributed by atoms with Crippen LogP contribution in [0.15, 0.2) is 48.5 Å². The molecule has 1 fully saturated rings. The fourth-order valence-electron chi connectivity index (χ4n) is 3.20. The molecule has 27 heavy (non-hydrogen) atoms. The van der Waals surface area contributed by atoms with Gasteiger partial charge in [0.25, 0.3) is 5.91 Å². The first-order valence-corrected chi connectivity index (χ1v) is 8.55. The van der Waals surface area contributed by atoms with Crippen LogP contribution in [0.5, 0.6) is 0 Å². The Bertz CT molecular complexity index is 865. The third-order valence-electron chi connectivity index (χ3n) is 4.53. The van der Waals surface area contributed by atoms with E-state index in [0.29, 0.717) is 11.1 Å². The van der Waals surface area contributed by atoms with E-state index < -0.39 is 12.7 Å². The molecule has 0 unspecified atom stereocenters. The molecule has 0 atom stereocenters. The Kier molecular flexibility index (Phi) is 5.47.